The van der Waals surface area contributed by atoms with Gasteiger partial charge in [-0.2, -0.15) is 8.78 Å². The molecule has 1 aromatic carbocycles. The largest absolute Gasteiger partial charge is 0.433 e. The molecule has 0 amide bonds. The maximum atomic E-state index is 12.6. The molecule has 0 radical (unpaired) electrons. The number of hydrogen-bond acceptors (Lipinski definition) is 3. The Kier molecular flexibility index (Phi) is 5.06. The number of para-hydroxylation sites is 2. The Balaban J connectivity index is 1.59. The average Bonchev–Trinajstić information content (AvgIpc) is 3.05. The summed E-state index contributed by atoms with van der Waals surface area (Å²) in [6.07, 6.45) is 2.10. The van der Waals surface area contributed by atoms with E-state index >= 15 is 0 Å². The monoisotopic (exact) mass is 338 g/mol. The molecule has 1 aliphatic heterocycles. The first-order valence-electron chi connectivity index (χ1n) is 8.35. The molecule has 3 unspecified atom stereocenters. The van der Waals surface area contributed by atoms with Crippen molar-refractivity contribution in [2.75, 3.05) is 25.0 Å². The minimum absolute atomic E-state index is 0.225. The summed E-state index contributed by atoms with van der Waals surface area (Å²) in [5.74, 6) is 1.73. The van der Waals surface area contributed by atoms with Crippen molar-refractivity contribution in [2.45, 2.75) is 38.5 Å². The van der Waals surface area contributed by atoms with Gasteiger partial charge in [-0.05, 0) is 30.9 Å². The molecule has 0 bridgehead atoms. The Bertz CT molecular complexity index is 596. The van der Waals surface area contributed by atoms with Crippen molar-refractivity contribution in [3.8, 4) is 5.75 Å². The number of rotatable bonds is 5. The van der Waals surface area contributed by atoms with E-state index in [-0.39, 0.29) is 11.8 Å². The third-order valence-electron chi connectivity index (χ3n) is 4.61. The summed E-state index contributed by atoms with van der Waals surface area (Å²) in [6.45, 7) is 0.913. The fourth-order valence-corrected chi connectivity index (χ4v) is 3.07. The van der Waals surface area contributed by atoms with Gasteiger partial charge < -0.3 is 20.3 Å². The normalized spacial score (nSPS) is 26.6. The molecule has 1 saturated carbocycles. The van der Waals surface area contributed by atoms with Crippen molar-refractivity contribution in [1.82, 2.24) is 10.6 Å². The molecule has 7 heteroatoms. The molecule has 5 nitrogen and oxygen atoms in total. The zero-order valence-electron chi connectivity index (χ0n) is 14.0. The molecule has 2 aliphatic rings. The summed E-state index contributed by atoms with van der Waals surface area (Å²) in [4.78, 5) is 6.34. The van der Waals surface area contributed by atoms with Gasteiger partial charge in [0.1, 0.15) is 5.75 Å². The minimum Gasteiger partial charge on any atom is -0.433 e. The van der Waals surface area contributed by atoms with E-state index in [1.165, 1.54) is 6.42 Å². The molecule has 3 rings (SSSR count). The van der Waals surface area contributed by atoms with Crippen LogP contribution in [0.2, 0.25) is 0 Å². The van der Waals surface area contributed by atoms with Crippen LogP contribution in [0.1, 0.15) is 19.8 Å². The molecule has 3 atom stereocenters. The van der Waals surface area contributed by atoms with E-state index in [0.717, 1.165) is 25.5 Å². The Morgan fingerprint density at radius 2 is 2.08 bits per heavy atom. The molecule has 1 saturated heterocycles. The third kappa shape index (κ3) is 4.07. The molecule has 24 heavy (non-hydrogen) atoms. The lowest BCUT2D eigenvalue weighted by Gasteiger charge is -2.22. The van der Waals surface area contributed by atoms with Crippen LogP contribution in [0.5, 0.6) is 5.75 Å². The van der Waals surface area contributed by atoms with Crippen LogP contribution in [0, 0.1) is 5.92 Å². The first-order valence-corrected chi connectivity index (χ1v) is 8.35. The van der Waals surface area contributed by atoms with Crippen LogP contribution >= 0.6 is 0 Å². The van der Waals surface area contributed by atoms with E-state index in [9.17, 15) is 8.78 Å². The molecule has 132 valence electrons. The lowest BCUT2D eigenvalue weighted by atomic mass is 10.2. The van der Waals surface area contributed by atoms with Crippen LogP contribution in [0.4, 0.5) is 14.5 Å². The first-order chi connectivity index (χ1) is 11.6. The molecule has 0 spiro atoms. The zero-order chi connectivity index (χ0) is 17.1. The van der Waals surface area contributed by atoms with E-state index in [4.69, 9.17) is 0 Å². The predicted molar refractivity (Wildman–Crippen MR) is 90.9 cm³/mol. The summed E-state index contributed by atoms with van der Waals surface area (Å²) in [7, 11) is 1.76. The molecular formula is C17H24F2N4O. The highest BCUT2D eigenvalue weighted by Gasteiger charge is 2.34. The highest BCUT2D eigenvalue weighted by Crippen LogP contribution is 2.32. The summed E-state index contributed by atoms with van der Waals surface area (Å²) in [5.41, 5.74) is 0.709. The molecular weight excluding hydrogens is 314 g/mol. The van der Waals surface area contributed by atoms with Crippen molar-refractivity contribution in [2.24, 2.45) is 10.9 Å². The van der Waals surface area contributed by atoms with Crippen LogP contribution in [-0.4, -0.2) is 44.8 Å². The van der Waals surface area contributed by atoms with Gasteiger partial charge in [-0.1, -0.05) is 19.1 Å². The van der Waals surface area contributed by atoms with E-state index in [1.807, 2.05) is 12.1 Å². The van der Waals surface area contributed by atoms with Crippen LogP contribution in [-0.2, 0) is 0 Å². The summed E-state index contributed by atoms with van der Waals surface area (Å²) in [6, 6.07) is 7.67. The third-order valence-corrected chi connectivity index (χ3v) is 4.61. The topological polar surface area (TPSA) is 48.9 Å². The Labute approximate surface area is 141 Å². The molecule has 2 fully saturated rings. The van der Waals surface area contributed by atoms with Crippen molar-refractivity contribution in [3.63, 3.8) is 0 Å². The van der Waals surface area contributed by atoms with Crippen molar-refractivity contribution >= 4 is 11.6 Å². The number of anilines is 1. The highest BCUT2D eigenvalue weighted by atomic mass is 19.3. The minimum atomic E-state index is -2.81. The molecule has 0 aromatic heterocycles. The van der Waals surface area contributed by atoms with Gasteiger partial charge in [0.05, 0.1) is 5.69 Å². The average molecular weight is 338 g/mol. The van der Waals surface area contributed by atoms with Crippen LogP contribution < -0.4 is 20.3 Å². The van der Waals surface area contributed by atoms with Gasteiger partial charge in [-0.25, -0.2) is 0 Å². The van der Waals surface area contributed by atoms with Crippen molar-refractivity contribution in [1.29, 1.82) is 0 Å². The van der Waals surface area contributed by atoms with Crippen LogP contribution in [0.25, 0.3) is 0 Å². The molecule has 2 N–H and O–H groups in total. The lowest BCUT2D eigenvalue weighted by Crippen LogP contribution is -2.45. The Morgan fingerprint density at radius 3 is 2.75 bits per heavy atom. The maximum Gasteiger partial charge on any atom is 0.387 e. The number of ether oxygens (including phenoxy) is 1. The summed E-state index contributed by atoms with van der Waals surface area (Å²) >= 11 is 0. The fourth-order valence-electron chi connectivity index (χ4n) is 3.07. The number of guanidine groups is 1. The number of alkyl halides is 2. The smallest absolute Gasteiger partial charge is 0.387 e. The van der Waals surface area contributed by atoms with Gasteiger partial charge in [0, 0.05) is 32.2 Å². The lowest BCUT2D eigenvalue weighted by molar-refractivity contribution is -0.0495. The number of halogens is 2. The fraction of sp³-hybridized carbons (Fsp3) is 0.588. The van der Waals surface area contributed by atoms with Gasteiger partial charge >= 0.3 is 6.61 Å². The van der Waals surface area contributed by atoms with Crippen LogP contribution in [0.3, 0.4) is 0 Å². The molecule has 1 aromatic rings. The quantitative estimate of drug-likeness (QED) is 0.640. The zero-order valence-corrected chi connectivity index (χ0v) is 14.0. The number of aliphatic imine (C=N–C) groups is 1. The Morgan fingerprint density at radius 1 is 1.33 bits per heavy atom. The van der Waals surface area contributed by atoms with E-state index in [2.05, 4.69) is 32.2 Å². The van der Waals surface area contributed by atoms with Crippen LogP contribution in [0.15, 0.2) is 29.3 Å². The van der Waals surface area contributed by atoms with Gasteiger partial charge in [0.2, 0.25) is 0 Å². The van der Waals surface area contributed by atoms with Gasteiger partial charge in [-0.3, -0.25) is 4.99 Å². The standard InChI is InChI=1S/C17H24F2N4O/c1-11-9-13(11)22-17(20-2)21-12-7-8-23(10-12)14-5-3-4-6-15(14)24-16(18)19/h3-6,11-13,16H,7-10H2,1-2H3,(H2,20,21,22). The number of nitrogens with zero attached hydrogens (tertiary/aromatic N) is 2. The van der Waals surface area contributed by atoms with Gasteiger partial charge in [0.25, 0.3) is 0 Å². The summed E-state index contributed by atoms with van der Waals surface area (Å²) in [5, 5.41) is 6.83. The van der Waals surface area contributed by atoms with E-state index in [0.29, 0.717) is 17.6 Å². The maximum absolute atomic E-state index is 12.6. The SMILES string of the molecule is CN=C(NC1CCN(c2ccccc2OC(F)F)C1)NC1CC1C. The van der Waals surface area contributed by atoms with Gasteiger partial charge in [-0.15, -0.1) is 0 Å². The summed E-state index contributed by atoms with van der Waals surface area (Å²) < 4.78 is 29.8. The Hall–Kier alpha value is -2.05. The number of nitrogens with one attached hydrogen (secondary N) is 2. The predicted octanol–water partition coefficient (Wildman–Crippen LogP) is 2.44. The second-order valence-electron chi connectivity index (χ2n) is 6.46. The first kappa shape index (κ1) is 16.8. The second kappa shape index (κ2) is 7.23. The molecule has 1 heterocycles. The van der Waals surface area contributed by atoms with Gasteiger partial charge in [0.15, 0.2) is 5.96 Å². The van der Waals surface area contributed by atoms with E-state index in [1.54, 1.807) is 19.2 Å². The highest BCUT2D eigenvalue weighted by molar-refractivity contribution is 5.80. The number of benzene rings is 1. The van der Waals surface area contributed by atoms with Crippen molar-refractivity contribution in [3.05, 3.63) is 24.3 Å². The van der Waals surface area contributed by atoms with E-state index < -0.39 is 6.61 Å². The van der Waals surface area contributed by atoms with Crippen molar-refractivity contribution < 1.29 is 13.5 Å². The second-order valence-corrected chi connectivity index (χ2v) is 6.46. The number of hydrogen-bond donors (Lipinski definition) is 2. The molecule has 1 aliphatic carbocycles.